The van der Waals surface area contributed by atoms with Crippen LogP contribution in [-0.2, 0) is 6.54 Å². The van der Waals surface area contributed by atoms with E-state index >= 15 is 0 Å². The summed E-state index contributed by atoms with van der Waals surface area (Å²) >= 11 is 2.03. The molecular formula is C10H15NOS. The topological polar surface area (TPSA) is 25.2 Å². The summed E-state index contributed by atoms with van der Waals surface area (Å²) in [6.45, 7) is 2.97. The van der Waals surface area contributed by atoms with Gasteiger partial charge in [0.15, 0.2) is 0 Å². The van der Waals surface area contributed by atoms with Crippen molar-refractivity contribution in [2.24, 2.45) is 0 Å². The number of furan rings is 1. The van der Waals surface area contributed by atoms with Crippen molar-refractivity contribution in [3.8, 4) is 0 Å². The fourth-order valence-corrected chi connectivity index (χ4v) is 2.70. The number of nitrogens with one attached hydrogen (secondary N) is 1. The van der Waals surface area contributed by atoms with Crippen LogP contribution in [0, 0.1) is 6.92 Å². The lowest BCUT2D eigenvalue weighted by atomic mass is 10.2. The van der Waals surface area contributed by atoms with E-state index in [2.05, 4.69) is 12.2 Å². The Morgan fingerprint density at radius 2 is 2.62 bits per heavy atom. The zero-order valence-electron chi connectivity index (χ0n) is 7.88. The van der Waals surface area contributed by atoms with Crippen LogP contribution in [0.25, 0.3) is 0 Å². The van der Waals surface area contributed by atoms with Crippen molar-refractivity contribution in [1.82, 2.24) is 5.32 Å². The van der Waals surface area contributed by atoms with Crippen molar-refractivity contribution >= 4 is 11.8 Å². The van der Waals surface area contributed by atoms with Gasteiger partial charge in [-0.25, -0.2) is 0 Å². The summed E-state index contributed by atoms with van der Waals surface area (Å²) in [6, 6.07) is 2.70. The van der Waals surface area contributed by atoms with Gasteiger partial charge in [0.1, 0.15) is 5.76 Å². The average Bonchev–Trinajstić information content (AvgIpc) is 2.72. The summed E-state index contributed by atoms with van der Waals surface area (Å²) < 4.78 is 5.35. The number of rotatable bonds is 3. The van der Waals surface area contributed by atoms with Gasteiger partial charge in [-0.05, 0) is 30.7 Å². The minimum Gasteiger partial charge on any atom is -0.468 e. The van der Waals surface area contributed by atoms with Crippen LogP contribution in [0.5, 0.6) is 0 Å². The standard InChI is InChI=1S/C10H15NOS/c1-8-2-4-12-10(8)6-11-9-3-5-13-7-9/h2,4,9,11H,3,5-7H2,1H3. The smallest absolute Gasteiger partial charge is 0.120 e. The molecule has 0 saturated carbocycles. The molecule has 0 aliphatic carbocycles. The highest BCUT2D eigenvalue weighted by atomic mass is 32.2. The van der Waals surface area contributed by atoms with Crippen LogP contribution in [0.4, 0.5) is 0 Å². The molecule has 1 atom stereocenters. The van der Waals surface area contributed by atoms with Crippen LogP contribution in [0.1, 0.15) is 17.7 Å². The predicted octanol–water partition coefficient (Wildman–Crippen LogP) is 2.18. The molecule has 1 unspecified atom stereocenters. The van der Waals surface area contributed by atoms with Crippen LogP contribution >= 0.6 is 11.8 Å². The van der Waals surface area contributed by atoms with Crippen molar-refractivity contribution in [2.75, 3.05) is 11.5 Å². The molecule has 0 aromatic carbocycles. The van der Waals surface area contributed by atoms with Crippen LogP contribution in [-0.4, -0.2) is 17.5 Å². The Bertz CT molecular complexity index is 266. The molecule has 3 heteroatoms. The predicted molar refractivity (Wildman–Crippen MR) is 56.0 cm³/mol. The first kappa shape index (κ1) is 9.16. The van der Waals surface area contributed by atoms with E-state index in [1.54, 1.807) is 6.26 Å². The normalized spacial score (nSPS) is 22.4. The van der Waals surface area contributed by atoms with Gasteiger partial charge >= 0.3 is 0 Å². The minimum atomic E-state index is 0.689. The summed E-state index contributed by atoms with van der Waals surface area (Å²) in [5, 5.41) is 3.51. The monoisotopic (exact) mass is 197 g/mol. The largest absolute Gasteiger partial charge is 0.468 e. The molecule has 0 amide bonds. The summed E-state index contributed by atoms with van der Waals surface area (Å²) in [6.07, 6.45) is 3.06. The number of hydrogen-bond donors (Lipinski definition) is 1. The third-order valence-corrected chi connectivity index (χ3v) is 3.61. The maximum Gasteiger partial charge on any atom is 0.120 e. The molecule has 1 saturated heterocycles. The van der Waals surface area contributed by atoms with E-state index in [1.807, 2.05) is 17.8 Å². The SMILES string of the molecule is Cc1ccoc1CNC1CCSC1. The third-order valence-electron chi connectivity index (χ3n) is 2.45. The van der Waals surface area contributed by atoms with E-state index in [9.17, 15) is 0 Å². The molecular weight excluding hydrogens is 182 g/mol. The molecule has 1 aliphatic rings. The first-order chi connectivity index (χ1) is 6.36. The lowest BCUT2D eigenvalue weighted by molar-refractivity contribution is 0.455. The van der Waals surface area contributed by atoms with Crippen LogP contribution in [0.3, 0.4) is 0 Å². The van der Waals surface area contributed by atoms with Crippen molar-refractivity contribution in [3.05, 3.63) is 23.7 Å². The maximum absolute atomic E-state index is 5.35. The first-order valence-electron chi connectivity index (χ1n) is 4.70. The highest BCUT2D eigenvalue weighted by Gasteiger charge is 2.15. The molecule has 1 aromatic heterocycles. The fourth-order valence-electron chi connectivity index (χ4n) is 1.52. The molecule has 0 spiro atoms. The molecule has 13 heavy (non-hydrogen) atoms. The molecule has 1 fully saturated rings. The number of hydrogen-bond acceptors (Lipinski definition) is 3. The molecule has 2 heterocycles. The van der Waals surface area contributed by atoms with Gasteiger partial charge in [0.05, 0.1) is 12.8 Å². The molecule has 1 N–H and O–H groups in total. The second-order valence-corrected chi connectivity index (χ2v) is 4.62. The molecule has 0 radical (unpaired) electrons. The summed E-state index contributed by atoms with van der Waals surface area (Å²) in [5.74, 6) is 3.63. The van der Waals surface area contributed by atoms with Gasteiger partial charge < -0.3 is 9.73 Å². The lowest BCUT2D eigenvalue weighted by Gasteiger charge is -2.09. The van der Waals surface area contributed by atoms with E-state index in [0.717, 1.165) is 12.3 Å². The molecule has 72 valence electrons. The Morgan fingerprint density at radius 3 is 3.23 bits per heavy atom. The molecule has 1 aliphatic heterocycles. The number of thioether (sulfide) groups is 1. The van der Waals surface area contributed by atoms with Crippen LogP contribution < -0.4 is 5.32 Å². The van der Waals surface area contributed by atoms with E-state index in [-0.39, 0.29) is 0 Å². The van der Waals surface area contributed by atoms with Gasteiger partial charge in [0.25, 0.3) is 0 Å². The first-order valence-corrected chi connectivity index (χ1v) is 5.86. The van der Waals surface area contributed by atoms with Gasteiger partial charge in [-0.3, -0.25) is 0 Å². The summed E-state index contributed by atoms with van der Waals surface area (Å²) in [5.41, 5.74) is 1.25. The van der Waals surface area contributed by atoms with Crippen molar-refractivity contribution in [1.29, 1.82) is 0 Å². The second kappa shape index (κ2) is 4.20. The summed E-state index contributed by atoms with van der Waals surface area (Å²) in [7, 11) is 0. The van der Waals surface area contributed by atoms with Crippen molar-refractivity contribution in [2.45, 2.75) is 25.9 Å². The highest BCUT2D eigenvalue weighted by Crippen LogP contribution is 2.18. The zero-order chi connectivity index (χ0) is 9.10. The molecule has 0 bridgehead atoms. The second-order valence-electron chi connectivity index (χ2n) is 3.47. The quantitative estimate of drug-likeness (QED) is 0.804. The Kier molecular flexibility index (Phi) is 2.96. The maximum atomic E-state index is 5.35. The van der Waals surface area contributed by atoms with Gasteiger partial charge in [0, 0.05) is 11.8 Å². The molecule has 2 nitrogen and oxygen atoms in total. The zero-order valence-corrected chi connectivity index (χ0v) is 8.69. The number of aryl methyl sites for hydroxylation is 1. The third kappa shape index (κ3) is 2.29. The van der Waals surface area contributed by atoms with E-state index in [0.29, 0.717) is 6.04 Å². The van der Waals surface area contributed by atoms with Gasteiger partial charge in [-0.2, -0.15) is 11.8 Å². The van der Waals surface area contributed by atoms with Crippen molar-refractivity contribution in [3.63, 3.8) is 0 Å². The van der Waals surface area contributed by atoms with Crippen LogP contribution in [0.2, 0.25) is 0 Å². The fraction of sp³-hybridized carbons (Fsp3) is 0.600. The Balaban J connectivity index is 1.82. The average molecular weight is 197 g/mol. The van der Waals surface area contributed by atoms with Crippen LogP contribution in [0.15, 0.2) is 16.7 Å². The lowest BCUT2D eigenvalue weighted by Crippen LogP contribution is -2.27. The summed E-state index contributed by atoms with van der Waals surface area (Å²) in [4.78, 5) is 0. The molecule has 2 rings (SSSR count). The Labute approximate surface area is 83.1 Å². The van der Waals surface area contributed by atoms with Gasteiger partial charge in [0.2, 0.25) is 0 Å². The highest BCUT2D eigenvalue weighted by molar-refractivity contribution is 7.99. The Hall–Kier alpha value is -0.410. The van der Waals surface area contributed by atoms with Gasteiger partial charge in [-0.1, -0.05) is 0 Å². The van der Waals surface area contributed by atoms with E-state index < -0.39 is 0 Å². The molecule has 1 aromatic rings. The van der Waals surface area contributed by atoms with Crippen molar-refractivity contribution < 1.29 is 4.42 Å². The van der Waals surface area contributed by atoms with E-state index in [1.165, 1.54) is 23.5 Å². The minimum absolute atomic E-state index is 0.689. The van der Waals surface area contributed by atoms with E-state index in [4.69, 9.17) is 4.42 Å². The Morgan fingerprint density at radius 1 is 1.69 bits per heavy atom. The van der Waals surface area contributed by atoms with Gasteiger partial charge in [-0.15, -0.1) is 0 Å².